The number of carbonyl (C=O) groups is 5. The number of aliphatic carboxylic acids is 5. The fourth-order valence-electron chi connectivity index (χ4n) is 4.95. The van der Waals surface area contributed by atoms with Gasteiger partial charge in [-0.3, -0.25) is 38.7 Å². The van der Waals surface area contributed by atoms with Crippen LogP contribution in [0.25, 0.3) is 0 Å². The van der Waals surface area contributed by atoms with E-state index in [0.717, 1.165) is 20.9 Å². The molecule has 7 N–H and O–H groups in total. The van der Waals surface area contributed by atoms with E-state index < -0.39 is 89.9 Å². The zero-order valence-electron chi connectivity index (χ0n) is 26.0. The van der Waals surface area contributed by atoms with Gasteiger partial charge in [0.25, 0.3) is 0 Å². The molecule has 0 aromatic heterocycles. The van der Waals surface area contributed by atoms with Gasteiger partial charge in [0.2, 0.25) is 0 Å². The highest BCUT2D eigenvalue weighted by molar-refractivity contribution is 7.54. The monoisotopic (exact) mass is 698 g/mol. The molecule has 0 heterocycles. The molecule has 0 fully saturated rings. The van der Waals surface area contributed by atoms with Crippen molar-refractivity contribution < 1.29 is 68.3 Å². The van der Waals surface area contributed by atoms with Gasteiger partial charge in [0.1, 0.15) is 13.2 Å². The number of nitrogens with zero attached hydrogens (tertiary/aromatic N) is 3. The zero-order chi connectivity index (χ0) is 35.7. The molecule has 2 aromatic carbocycles. The van der Waals surface area contributed by atoms with Gasteiger partial charge in [0.05, 0.1) is 38.8 Å². The summed E-state index contributed by atoms with van der Waals surface area (Å²) in [6.45, 7) is -5.45. The molecule has 264 valence electrons. The first-order chi connectivity index (χ1) is 22.6. The zero-order valence-corrected chi connectivity index (χ0v) is 26.9. The Morgan fingerprint density at radius 2 is 1.02 bits per heavy atom. The Morgan fingerprint density at radius 3 is 1.46 bits per heavy atom. The third-order valence-corrected chi connectivity index (χ3v) is 7.98. The van der Waals surface area contributed by atoms with Crippen LogP contribution in [0.5, 0.6) is 0 Å². The van der Waals surface area contributed by atoms with E-state index >= 15 is 0 Å². The molecule has 0 spiro atoms. The summed E-state index contributed by atoms with van der Waals surface area (Å²) in [5.41, 5.74) is 1.91. The maximum Gasteiger partial charge on any atom is 0.570 e. The molecule has 1 atom stereocenters. The smallest absolute Gasteiger partial charge is 0.480 e. The lowest BCUT2D eigenvalue weighted by molar-refractivity contribution is -0.145. The number of hydrogen-bond donors (Lipinski definition) is 7. The van der Waals surface area contributed by atoms with Gasteiger partial charge in [0.15, 0.2) is 0 Å². The molecule has 0 aliphatic heterocycles. The summed E-state index contributed by atoms with van der Waals surface area (Å²) in [4.78, 5) is 81.6. The predicted octanol–water partition coefficient (Wildman–Crippen LogP) is 0.602. The summed E-state index contributed by atoms with van der Waals surface area (Å²) in [6.07, 6.45) is 0.309. The van der Waals surface area contributed by atoms with Crippen LogP contribution in [-0.4, -0.2) is 151 Å². The molecule has 0 saturated heterocycles. The summed E-state index contributed by atoms with van der Waals surface area (Å²) in [5.74, 6) is -7.04. The summed E-state index contributed by atoms with van der Waals surface area (Å²) in [7, 11) is -4.57. The molecule has 0 aliphatic rings. The third-order valence-electron chi connectivity index (χ3n) is 6.98. The first kappa shape index (κ1) is 40.1. The summed E-state index contributed by atoms with van der Waals surface area (Å²) >= 11 is 0. The van der Waals surface area contributed by atoms with Crippen molar-refractivity contribution in [1.82, 2.24) is 14.7 Å². The molecule has 2 rings (SSSR count). The maximum absolute atomic E-state index is 11.6. The highest BCUT2D eigenvalue weighted by atomic mass is 31.2. The molecule has 0 bridgehead atoms. The van der Waals surface area contributed by atoms with Crippen LogP contribution in [0.15, 0.2) is 60.7 Å². The van der Waals surface area contributed by atoms with Gasteiger partial charge < -0.3 is 25.5 Å². The maximum atomic E-state index is 11.6. The van der Waals surface area contributed by atoms with Crippen molar-refractivity contribution in [1.29, 1.82) is 0 Å². The number of carboxylic acid groups (broad SMARTS) is 5. The Hall–Kier alpha value is -4.06. The molecule has 17 nitrogen and oxygen atoms in total. The van der Waals surface area contributed by atoms with E-state index in [1.807, 2.05) is 60.7 Å². The van der Waals surface area contributed by atoms with Crippen LogP contribution in [0.1, 0.15) is 23.5 Å². The topological polar surface area (TPSA) is 255 Å². The van der Waals surface area contributed by atoms with Crippen molar-refractivity contribution in [2.45, 2.75) is 18.4 Å². The lowest BCUT2D eigenvalue weighted by atomic mass is 9.89. The molecular formula is C30H41N3O14P+. The molecule has 0 radical (unpaired) electrons. The van der Waals surface area contributed by atoms with Gasteiger partial charge in [-0.15, -0.1) is 0 Å². The van der Waals surface area contributed by atoms with Crippen molar-refractivity contribution in [2.24, 2.45) is 0 Å². The van der Waals surface area contributed by atoms with E-state index in [0.29, 0.717) is 6.42 Å². The Labute approximate surface area is 276 Å². The number of hydrogen-bond acceptors (Lipinski definition) is 12. The van der Waals surface area contributed by atoms with E-state index in [4.69, 9.17) is 19.3 Å². The fourth-order valence-corrected chi connectivity index (χ4v) is 5.73. The van der Waals surface area contributed by atoms with Gasteiger partial charge in [-0.25, -0.2) is 0 Å². The standard InChI is InChI=1S/C30H40N3O14P/c34-26(35)16-31(12-13-32(17-27(36)37)18-28(38)39)15-24(33(19-29(40)41)20-30(42)43)21-47-48(44,45)46-14-11-25(22-7-3-1-4-8-22)23-9-5-2-6-10-23/h1-10,24-25,44-45H,11-21H2,(H4-,34,35,36,37,38,39,40,41,42,43)/p+1. The number of benzene rings is 2. The molecule has 2 aromatic rings. The molecule has 48 heavy (non-hydrogen) atoms. The van der Waals surface area contributed by atoms with Gasteiger partial charge in [-0.2, -0.15) is 18.8 Å². The Kier molecular flexibility index (Phi) is 17.0. The molecule has 0 amide bonds. The normalized spacial score (nSPS) is 12.5. The quantitative estimate of drug-likeness (QED) is 0.0701. The minimum absolute atomic E-state index is 0.173. The van der Waals surface area contributed by atoms with E-state index in [1.54, 1.807) is 0 Å². The Morgan fingerprint density at radius 1 is 0.604 bits per heavy atom. The summed E-state index contributed by atoms with van der Waals surface area (Å²) in [6, 6.07) is 17.6. The Bertz CT molecular complexity index is 1260. The number of rotatable bonds is 25. The van der Waals surface area contributed by atoms with Crippen LogP contribution in [0, 0.1) is 0 Å². The summed E-state index contributed by atoms with van der Waals surface area (Å²) < 4.78 is 10.6. The van der Waals surface area contributed by atoms with E-state index in [2.05, 4.69) is 0 Å². The van der Waals surface area contributed by atoms with Gasteiger partial charge >= 0.3 is 38.0 Å². The minimum atomic E-state index is -4.57. The van der Waals surface area contributed by atoms with Crippen molar-refractivity contribution in [3.63, 3.8) is 0 Å². The highest BCUT2D eigenvalue weighted by Crippen LogP contribution is 2.53. The largest absolute Gasteiger partial charge is 0.570 e. The Balaban J connectivity index is 2.21. The van der Waals surface area contributed by atoms with Gasteiger partial charge in [-0.1, -0.05) is 60.7 Å². The van der Waals surface area contributed by atoms with Crippen LogP contribution in [-0.2, 0) is 33.0 Å². The van der Waals surface area contributed by atoms with E-state index in [1.165, 1.54) is 4.90 Å². The van der Waals surface area contributed by atoms with Crippen molar-refractivity contribution in [3.8, 4) is 0 Å². The van der Waals surface area contributed by atoms with E-state index in [-0.39, 0.29) is 25.6 Å². The molecule has 1 unspecified atom stereocenters. The lowest BCUT2D eigenvalue weighted by Gasteiger charge is -2.33. The first-order valence-corrected chi connectivity index (χ1v) is 16.2. The van der Waals surface area contributed by atoms with Gasteiger partial charge in [0, 0.05) is 25.6 Å². The average Bonchev–Trinajstić information content (AvgIpc) is 2.99. The fraction of sp³-hybridized carbons (Fsp3) is 0.433. The van der Waals surface area contributed by atoms with E-state index in [9.17, 15) is 49.1 Å². The minimum Gasteiger partial charge on any atom is -0.480 e. The molecule has 0 saturated carbocycles. The predicted molar refractivity (Wildman–Crippen MR) is 169 cm³/mol. The van der Waals surface area contributed by atoms with Crippen LogP contribution < -0.4 is 0 Å². The van der Waals surface area contributed by atoms with Crippen LogP contribution in [0.3, 0.4) is 0 Å². The van der Waals surface area contributed by atoms with Crippen LogP contribution in [0.2, 0.25) is 0 Å². The SMILES string of the molecule is O=C(O)CN(CCN(CC(=O)O)CC(CO[P+](O)(O)OCCC(c1ccccc1)c1ccccc1)N(CC(=O)O)CC(=O)O)CC(=O)O. The average molecular weight is 699 g/mol. The van der Waals surface area contributed by atoms with Crippen molar-refractivity contribution >= 4 is 38.0 Å². The molecule has 0 aliphatic carbocycles. The third kappa shape index (κ3) is 16.2. The second-order valence-corrected chi connectivity index (χ2v) is 12.3. The number of carboxylic acids is 5. The van der Waals surface area contributed by atoms with Gasteiger partial charge in [-0.05, 0) is 17.5 Å². The van der Waals surface area contributed by atoms with Crippen LogP contribution in [0.4, 0.5) is 0 Å². The van der Waals surface area contributed by atoms with Crippen molar-refractivity contribution in [2.75, 3.05) is 65.6 Å². The summed E-state index contributed by atoms with van der Waals surface area (Å²) in [5, 5.41) is 46.6. The van der Waals surface area contributed by atoms with Crippen LogP contribution >= 0.6 is 8.17 Å². The first-order valence-electron chi connectivity index (χ1n) is 14.7. The van der Waals surface area contributed by atoms with Crippen molar-refractivity contribution in [3.05, 3.63) is 71.8 Å². The highest BCUT2D eigenvalue weighted by Gasteiger charge is 2.42. The second kappa shape index (κ2) is 20.3. The second-order valence-electron chi connectivity index (χ2n) is 10.8. The molecule has 18 heteroatoms. The lowest BCUT2D eigenvalue weighted by Crippen LogP contribution is -2.52. The molecular weight excluding hydrogens is 657 g/mol.